The number of aromatic nitrogens is 3. The van der Waals surface area contributed by atoms with Crippen molar-refractivity contribution in [3.8, 4) is 0 Å². The molecular weight excluding hydrogens is 315 g/mol. The minimum absolute atomic E-state index is 0.428. The van der Waals surface area contributed by atoms with Gasteiger partial charge < -0.3 is 5.32 Å². The molecule has 0 radical (unpaired) electrons. The number of rotatable bonds is 1. The number of nitrogens with one attached hydrogen (secondary N) is 1. The molecule has 0 aliphatic carbocycles. The summed E-state index contributed by atoms with van der Waals surface area (Å²) in [6, 6.07) is 12.6. The van der Waals surface area contributed by atoms with Crippen molar-refractivity contribution in [1.82, 2.24) is 15.0 Å². The van der Waals surface area contributed by atoms with Crippen LogP contribution in [0.1, 0.15) is 0 Å². The fourth-order valence-electron chi connectivity index (χ4n) is 1.76. The van der Waals surface area contributed by atoms with Gasteiger partial charge in [-0.2, -0.15) is 4.68 Å². The highest BCUT2D eigenvalue weighted by Crippen LogP contribution is 2.18. The predicted molar refractivity (Wildman–Crippen MR) is 85.6 cm³/mol. The van der Waals surface area contributed by atoms with E-state index in [-0.39, 0.29) is 0 Å². The van der Waals surface area contributed by atoms with Crippen LogP contribution in [0.2, 0.25) is 10.0 Å². The second-order valence-corrected chi connectivity index (χ2v) is 5.33. The number of hydrogen-bond donors (Lipinski definition) is 1. The first-order chi connectivity index (χ1) is 9.63. The topological polar surface area (TPSA) is 42.7 Å². The van der Waals surface area contributed by atoms with E-state index in [0.717, 1.165) is 11.2 Å². The van der Waals surface area contributed by atoms with Crippen molar-refractivity contribution in [3.05, 3.63) is 52.5 Å². The first kappa shape index (κ1) is 13.3. The second-order valence-electron chi connectivity index (χ2n) is 4.07. The van der Waals surface area contributed by atoms with Crippen LogP contribution in [0.4, 0.5) is 5.69 Å². The van der Waals surface area contributed by atoms with E-state index in [2.05, 4.69) is 15.6 Å². The molecule has 0 unspecified atom stereocenters. The van der Waals surface area contributed by atoms with E-state index in [1.54, 1.807) is 28.9 Å². The minimum Gasteiger partial charge on any atom is -0.331 e. The molecule has 0 saturated carbocycles. The molecule has 0 aliphatic rings. The van der Waals surface area contributed by atoms with Gasteiger partial charge in [0.15, 0.2) is 0 Å². The summed E-state index contributed by atoms with van der Waals surface area (Å²) in [5.41, 5.74) is 2.32. The molecule has 0 saturated heterocycles. The Morgan fingerprint density at radius 3 is 2.50 bits per heavy atom. The average molecular weight is 323 g/mol. The molecule has 2 aromatic carbocycles. The number of anilines is 1. The standard InChI is InChI=1S/C13H8Cl2N4S/c14-8-1-4-10(5-2-8)16-13(20)19-12-6-3-9(15)7-11(12)17-18-19/h1-7H,(H,16,20). The van der Waals surface area contributed by atoms with E-state index in [4.69, 9.17) is 35.4 Å². The Morgan fingerprint density at radius 1 is 1.05 bits per heavy atom. The molecule has 20 heavy (non-hydrogen) atoms. The first-order valence-electron chi connectivity index (χ1n) is 5.71. The summed E-state index contributed by atoms with van der Waals surface area (Å²) < 4.78 is 1.55. The zero-order chi connectivity index (χ0) is 14.1. The van der Waals surface area contributed by atoms with E-state index in [9.17, 15) is 0 Å². The summed E-state index contributed by atoms with van der Waals surface area (Å²) in [5, 5.41) is 12.9. The van der Waals surface area contributed by atoms with Gasteiger partial charge in [-0.25, -0.2) is 0 Å². The van der Waals surface area contributed by atoms with Gasteiger partial charge in [-0.15, -0.1) is 5.10 Å². The number of hydrogen-bond acceptors (Lipinski definition) is 3. The van der Waals surface area contributed by atoms with Crippen LogP contribution in [-0.2, 0) is 0 Å². The third-order valence-electron chi connectivity index (χ3n) is 2.70. The van der Waals surface area contributed by atoms with Crippen LogP contribution in [0.3, 0.4) is 0 Å². The van der Waals surface area contributed by atoms with Gasteiger partial charge >= 0.3 is 0 Å². The summed E-state index contributed by atoms with van der Waals surface area (Å²) >= 11 is 17.1. The minimum atomic E-state index is 0.428. The Hall–Kier alpha value is -1.69. The molecule has 0 atom stereocenters. The number of halogens is 2. The molecule has 3 aromatic rings. The van der Waals surface area contributed by atoms with Crippen LogP contribution in [0.5, 0.6) is 0 Å². The van der Waals surface area contributed by atoms with Crippen molar-refractivity contribution in [2.24, 2.45) is 0 Å². The maximum absolute atomic E-state index is 5.91. The highest BCUT2D eigenvalue weighted by Gasteiger charge is 2.09. The smallest absolute Gasteiger partial charge is 0.200 e. The SMILES string of the molecule is S=C(Nc1ccc(Cl)cc1)n1nnc2cc(Cl)ccc21. The normalized spacial score (nSPS) is 10.7. The molecule has 3 rings (SSSR count). The first-order valence-corrected chi connectivity index (χ1v) is 6.88. The Bertz CT molecular complexity index is 783. The van der Waals surface area contributed by atoms with Crippen molar-refractivity contribution in [1.29, 1.82) is 0 Å². The van der Waals surface area contributed by atoms with Gasteiger partial charge in [-0.3, -0.25) is 0 Å². The molecule has 0 spiro atoms. The van der Waals surface area contributed by atoms with Gasteiger partial charge in [-0.1, -0.05) is 28.4 Å². The highest BCUT2D eigenvalue weighted by molar-refractivity contribution is 7.80. The zero-order valence-electron chi connectivity index (χ0n) is 10.0. The van der Waals surface area contributed by atoms with Crippen molar-refractivity contribution < 1.29 is 0 Å². The summed E-state index contributed by atoms with van der Waals surface area (Å²) in [6.07, 6.45) is 0. The fourth-order valence-corrected chi connectivity index (χ4v) is 2.30. The molecule has 0 amide bonds. The molecule has 7 heteroatoms. The Morgan fingerprint density at radius 2 is 1.75 bits per heavy atom. The van der Waals surface area contributed by atoms with Crippen LogP contribution >= 0.6 is 35.4 Å². The number of fused-ring (bicyclic) bond motifs is 1. The highest BCUT2D eigenvalue weighted by atomic mass is 35.5. The largest absolute Gasteiger partial charge is 0.331 e. The van der Waals surface area contributed by atoms with Gasteiger partial charge in [0, 0.05) is 15.7 Å². The van der Waals surface area contributed by atoms with Crippen molar-refractivity contribution >= 4 is 57.3 Å². The number of benzene rings is 2. The van der Waals surface area contributed by atoms with E-state index in [1.165, 1.54) is 0 Å². The van der Waals surface area contributed by atoms with Gasteiger partial charge in [0.2, 0.25) is 5.11 Å². The molecule has 1 heterocycles. The van der Waals surface area contributed by atoms with Gasteiger partial charge in [0.25, 0.3) is 0 Å². The molecule has 0 aliphatic heterocycles. The maximum atomic E-state index is 5.91. The third-order valence-corrected chi connectivity index (χ3v) is 3.46. The second kappa shape index (κ2) is 5.36. The molecule has 0 bridgehead atoms. The van der Waals surface area contributed by atoms with Crippen molar-refractivity contribution in [2.45, 2.75) is 0 Å². The monoisotopic (exact) mass is 322 g/mol. The van der Waals surface area contributed by atoms with Gasteiger partial charge in [0.1, 0.15) is 5.52 Å². The molecule has 1 N–H and O–H groups in total. The molecule has 0 fully saturated rings. The van der Waals surface area contributed by atoms with E-state index >= 15 is 0 Å². The lowest BCUT2D eigenvalue weighted by atomic mass is 10.3. The molecule has 1 aromatic heterocycles. The Labute approximate surface area is 130 Å². The van der Waals surface area contributed by atoms with Crippen LogP contribution in [0, 0.1) is 0 Å². The Balaban J connectivity index is 1.91. The van der Waals surface area contributed by atoms with Crippen molar-refractivity contribution in [3.63, 3.8) is 0 Å². The van der Waals surface area contributed by atoms with Gasteiger partial charge in [0.05, 0.1) is 5.52 Å². The lowest BCUT2D eigenvalue weighted by Gasteiger charge is -2.08. The number of nitrogens with zero attached hydrogens (tertiary/aromatic N) is 3. The fraction of sp³-hybridized carbons (Fsp3) is 0. The van der Waals surface area contributed by atoms with E-state index in [1.807, 2.05) is 18.2 Å². The van der Waals surface area contributed by atoms with E-state index < -0.39 is 0 Å². The van der Waals surface area contributed by atoms with Gasteiger partial charge in [-0.05, 0) is 54.7 Å². The summed E-state index contributed by atoms with van der Waals surface area (Å²) in [5.74, 6) is 0. The quantitative estimate of drug-likeness (QED) is 0.688. The van der Waals surface area contributed by atoms with Crippen LogP contribution in [-0.4, -0.2) is 20.1 Å². The summed E-state index contributed by atoms with van der Waals surface area (Å²) in [6.45, 7) is 0. The maximum Gasteiger partial charge on any atom is 0.200 e. The van der Waals surface area contributed by atoms with E-state index in [0.29, 0.717) is 20.7 Å². The molecule has 100 valence electrons. The van der Waals surface area contributed by atoms with Crippen molar-refractivity contribution in [2.75, 3.05) is 5.32 Å². The lowest BCUT2D eigenvalue weighted by Crippen LogP contribution is -2.20. The van der Waals surface area contributed by atoms with Crippen LogP contribution in [0.25, 0.3) is 11.0 Å². The Kier molecular flexibility index (Phi) is 3.56. The van der Waals surface area contributed by atoms with Crippen LogP contribution in [0.15, 0.2) is 42.5 Å². The average Bonchev–Trinajstić information content (AvgIpc) is 2.84. The lowest BCUT2D eigenvalue weighted by molar-refractivity contribution is 0.870. The zero-order valence-corrected chi connectivity index (χ0v) is 12.4. The number of thiocarbonyl (C=S) groups is 1. The third kappa shape index (κ3) is 2.60. The summed E-state index contributed by atoms with van der Waals surface area (Å²) in [4.78, 5) is 0. The molecule has 4 nitrogen and oxygen atoms in total. The molecular formula is C13H8Cl2N4S. The summed E-state index contributed by atoms with van der Waals surface area (Å²) in [7, 11) is 0. The van der Waals surface area contributed by atoms with Crippen LogP contribution < -0.4 is 5.32 Å². The predicted octanol–water partition coefficient (Wildman–Crippen LogP) is 3.98.